The molecule has 0 aliphatic carbocycles. The van der Waals surface area contributed by atoms with Crippen LogP contribution in [-0.4, -0.2) is 34.3 Å². The SMILES string of the molecule is CC(C)(C)OC(=O)N(CCc1ccsc1Br)C(=O)O. The second-order valence-electron chi connectivity index (χ2n) is 4.88. The predicted molar refractivity (Wildman–Crippen MR) is 76.7 cm³/mol. The number of carbonyl (C=O) groups is 2. The number of hydrogen-bond acceptors (Lipinski definition) is 4. The molecular formula is C12H16BrNO4S. The van der Waals surface area contributed by atoms with Crippen molar-refractivity contribution in [2.75, 3.05) is 6.54 Å². The third-order valence-electron chi connectivity index (χ3n) is 2.14. The van der Waals surface area contributed by atoms with Crippen LogP contribution in [-0.2, 0) is 11.2 Å². The second kappa shape index (κ2) is 6.38. The smallest absolute Gasteiger partial charge is 0.419 e. The molecule has 0 aliphatic rings. The minimum atomic E-state index is -1.30. The number of carboxylic acid groups (broad SMARTS) is 1. The van der Waals surface area contributed by atoms with Gasteiger partial charge in [0.15, 0.2) is 0 Å². The van der Waals surface area contributed by atoms with Crippen LogP contribution in [0, 0.1) is 0 Å². The number of rotatable bonds is 3. The van der Waals surface area contributed by atoms with Gasteiger partial charge in [-0.15, -0.1) is 11.3 Å². The van der Waals surface area contributed by atoms with Crippen LogP contribution in [0.4, 0.5) is 9.59 Å². The molecule has 0 unspecified atom stereocenters. The van der Waals surface area contributed by atoms with Crippen molar-refractivity contribution in [1.29, 1.82) is 0 Å². The Bertz CT molecular complexity index is 467. The van der Waals surface area contributed by atoms with Gasteiger partial charge in [0.2, 0.25) is 0 Å². The monoisotopic (exact) mass is 349 g/mol. The summed E-state index contributed by atoms with van der Waals surface area (Å²) in [6, 6.07) is 1.89. The van der Waals surface area contributed by atoms with E-state index in [4.69, 9.17) is 9.84 Å². The molecule has 0 saturated heterocycles. The molecule has 19 heavy (non-hydrogen) atoms. The number of amides is 2. The minimum Gasteiger partial charge on any atom is -0.465 e. The van der Waals surface area contributed by atoms with E-state index in [0.717, 1.165) is 9.35 Å². The molecule has 1 aromatic rings. The second-order valence-corrected chi connectivity index (χ2v) is 7.12. The Labute approximate surface area is 124 Å². The van der Waals surface area contributed by atoms with Gasteiger partial charge in [-0.2, -0.15) is 0 Å². The van der Waals surface area contributed by atoms with E-state index in [1.807, 2.05) is 11.4 Å². The molecule has 0 fully saturated rings. The molecule has 0 bridgehead atoms. The molecular weight excluding hydrogens is 334 g/mol. The summed E-state index contributed by atoms with van der Waals surface area (Å²) in [7, 11) is 0. The van der Waals surface area contributed by atoms with Gasteiger partial charge < -0.3 is 9.84 Å². The fourth-order valence-corrected chi connectivity index (χ4v) is 2.64. The third kappa shape index (κ3) is 5.20. The van der Waals surface area contributed by atoms with Crippen molar-refractivity contribution in [3.8, 4) is 0 Å². The Balaban J connectivity index is 2.66. The quantitative estimate of drug-likeness (QED) is 0.896. The van der Waals surface area contributed by atoms with Gasteiger partial charge >= 0.3 is 12.2 Å². The van der Waals surface area contributed by atoms with Crippen molar-refractivity contribution in [3.05, 3.63) is 20.8 Å². The summed E-state index contributed by atoms with van der Waals surface area (Å²) in [5.41, 5.74) is 0.258. The van der Waals surface area contributed by atoms with Crippen LogP contribution in [0.1, 0.15) is 26.3 Å². The highest BCUT2D eigenvalue weighted by molar-refractivity contribution is 9.11. The molecule has 2 amide bonds. The molecule has 0 atom stereocenters. The largest absolute Gasteiger partial charge is 0.465 e. The van der Waals surface area contributed by atoms with Crippen molar-refractivity contribution in [3.63, 3.8) is 0 Å². The fourth-order valence-electron chi connectivity index (χ4n) is 1.31. The first-order valence-electron chi connectivity index (χ1n) is 5.66. The first kappa shape index (κ1) is 16.0. The van der Waals surface area contributed by atoms with Crippen molar-refractivity contribution in [1.82, 2.24) is 4.90 Å². The summed E-state index contributed by atoms with van der Waals surface area (Å²) in [6.45, 7) is 5.15. The zero-order valence-electron chi connectivity index (χ0n) is 11.0. The zero-order valence-corrected chi connectivity index (χ0v) is 13.4. The van der Waals surface area contributed by atoms with Crippen molar-refractivity contribution in [2.24, 2.45) is 0 Å². The first-order chi connectivity index (χ1) is 8.70. The lowest BCUT2D eigenvalue weighted by atomic mass is 10.2. The van der Waals surface area contributed by atoms with E-state index in [2.05, 4.69) is 15.9 Å². The van der Waals surface area contributed by atoms with E-state index in [1.54, 1.807) is 20.8 Å². The van der Waals surface area contributed by atoms with E-state index < -0.39 is 17.8 Å². The topological polar surface area (TPSA) is 66.8 Å². The van der Waals surface area contributed by atoms with Gasteiger partial charge in [0.05, 0.1) is 3.79 Å². The third-order valence-corrected chi connectivity index (χ3v) is 3.95. The van der Waals surface area contributed by atoms with E-state index in [0.29, 0.717) is 11.3 Å². The highest BCUT2D eigenvalue weighted by Crippen LogP contribution is 2.24. The van der Waals surface area contributed by atoms with Gasteiger partial charge in [-0.3, -0.25) is 0 Å². The summed E-state index contributed by atoms with van der Waals surface area (Å²) in [6.07, 6.45) is -1.69. The maximum Gasteiger partial charge on any atom is 0.419 e. The molecule has 1 N–H and O–H groups in total. The van der Waals surface area contributed by atoms with E-state index in [9.17, 15) is 9.59 Å². The number of imide groups is 1. The van der Waals surface area contributed by atoms with Gasteiger partial charge in [-0.05, 0) is 60.1 Å². The van der Waals surface area contributed by atoms with Gasteiger partial charge in [-0.1, -0.05) is 0 Å². The number of hydrogen-bond donors (Lipinski definition) is 1. The maximum absolute atomic E-state index is 11.8. The Morgan fingerprint density at radius 2 is 2.11 bits per heavy atom. The van der Waals surface area contributed by atoms with Gasteiger partial charge in [0.25, 0.3) is 0 Å². The van der Waals surface area contributed by atoms with Crippen molar-refractivity contribution < 1.29 is 19.4 Å². The molecule has 0 aliphatic heterocycles. The van der Waals surface area contributed by atoms with Crippen molar-refractivity contribution >= 4 is 39.5 Å². The van der Waals surface area contributed by atoms with Crippen LogP contribution in [0.25, 0.3) is 0 Å². The minimum absolute atomic E-state index is 0.0690. The van der Waals surface area contributed by atoms with E-state index in [-0.39, 0.29) is 6.54 Å². The number of ether oxygens (including phenoxy) is 1. The fraction of sp³-hybridized carbons (Fsp3) is 0.500. The lowest BCUT2D eigenvalue weighted by Crippen LogP contribution is -2.41. The summed E-state index contributed by atoms with van der Waals surface area (Å²) in [5.74, 6) is 0. The summed E-state index contributed by atoms with van der Waals surface area (Å²) < 4.78 is 6.00. The number of nitrogens with zero attached hydrogens (tertiary/aromatic N) is 1. The average molecular weight is 350 g/mol. The summed E-state index contributed by atoms with van der Waals surface area (Å²) in [4.78, 5) is 23.5. The Kier molecular flexibility index (Phi) is 5.37. The van der Waals surface area contributed by atoms with Crippen LogP contribution < -0.4 is 0 Å². The lowest BCUT2D eigenvalue weighted by Gasteiger charge is -2.24. The van der Waals surface area contributed by atoms with Gasteiger partial charge in [0.1, 0.15) is 5.60 Å². The summed E-state index contributed by atoms with van der Waals surface area (Å²) >= 11 is 4.89. The molecule has 0 saturated carbocycles. The van der Waals surface area contributed by atoms with Crippen LogP contribution in [0.2, 0.25) is 0 Å². The molecule has 106 valence electrons. The molecule has 7 heteroatoms. The number of carbonyl (C=O) groups excluding carboxylic acids is 1. The highest BCUT2D eigenvalue weighted by Gasteiger charge is 2.26. The van der Waals surface area contributed by atoms with E-state index in [1.165, 1.54) is 11.3 Å². The normalized spacial score (nSPS) is 11.2. The molecule has 5 nitrogen and oxygen atoms in total. The molecule has 0 spiro atoms. The van der Waals surface area contributed by atoms with Crippen LogP contribution in [0.15, 0.2) is 15.2 Å². The van der Waals surface area contributed by atoms with Crippen LogP contribution in [0.3, 0.4) is 0 Å². The lowest BCUT2D eigenvalue weighted by molar-refractivity contribution is 0.0272. The highest BCUT2D eigenvalue weighted by atomic mass is 79.9. The molecule has 0 aromatic carbocycles. The average Bonchev–Trinajstić information content (AvgIpc) is 2.61. The van der Waals surface area contributed by atoms with Gasteiger partial charge in [0, 0.05) is 6.54 Å². The summed E-state index contributed by atoms with van der Waals surface area (Å²) in [5, 5.41) is 11.0. The maximum atomic E-state index is 11.8. The number of thiophene rings is 1. The van der Waals surface area contributed by atoms with Gasteiger partial charge in [-0.25, -0.2) is 14.5 Å². The molecule has 0 radical (unpaired) electrons. The Morgan fingerprint density at radius 1 is 1.47 bits per heavy atom. The Morgan fingerprint density at radius 3 is 2.53 bits per heavy atom. The zero-order chi connectivity index (χ0) is 14.6. The Hall–Kier alpha value is -1.08. The predicted octanol–water partition coefficient (Wildman–Crippen LogP) is 3.97. The molecule has 1 heterocycles. The van der Waals surface area contributed by atoms with E-state index >= 15 is 0 Å². The first-order valence-corrected chi connectivity index (χ1v) is 7.33. The molecule has 1 rings (SSSR count). The van der Waals surface area contributed by atoms with Crippen LogP contribution >= 0.6 is 27.3 Å². The standard InChI is InChI=1S/C12H16BrNO4S/c1-12(2,3)18-11(17)14(10(15)16)6-4-8-5-7-19-9(8)13/h5,7H,4,6H2,1-3H3,(H,15,16). The van der Waals surface area contributed by atoms with Crippen molar-refractivity contribution in [2.45, 2.75) is 32.8 Å². The number of halogens is 1. The molecule has 1 aromatic heterocycles. The van der Waals surface area contributed by atoms with Crippen LogP contribution in [0.5, 0.6) is 0 Å².